The van der Waals surface area contributed by atoms with Crippen LogP contribution < -0.4 is 10.1 Å². The van der Waals surface area contributed by atoms with Crippen LogP contribution in [0.3, 0.4) is 0 Å². The highest BCUT2D eigenvalue weighted by Crippen LogP contribution is 2.31. The van der Waals surface area contributed by atoms with Crippen LogP contribution in [0.4, 0.5) is 5.82 Å². The molecule has 1 aromatic heterocycles. The standard InChI is InChI=1S/C23H24N4O4/c1-14-8-10-15(11-9-14)21-22(31-13-20(28)27(21)2)23(29)24-19-12-17(25-26-19)16-6-4-5-7-18(16)30-3/h4-12,21-22H,13H2,1-3H3,(H2,24,25,26,29). The van der Waals surface area contributed by atoms with Gasteiger partial charge in [0.15, 0.2) is 11.9 Å². The summed E-state index contributed by atoms with van der Waals surface area (Å²) in [7, 11) is 3.28. The molecule has 31 heavy (non-hydrogen) atoms. The van der Waals surface area contributed by atoms with Gasteiger partial charge in [-0.3, -0.25) is 14.7 Å². The van der Waals surface area contributed by atoms with Gasteiger partial charge in [-0.2, -0.15) is 5.10 Å². The van der Waals surface area contributed by atoms with E-state index in [1.807, 2.05) is 55.5 Å². The molecule has 0 spiro atoms. The first kappa shape index (κ1) is 20.6. The number of hydrogen-bond donors (Lipinski definition) is 2. The number of para-hydroxylation sites is 1. The van der Waals surface area contributed by atoms with Gasteiger partial charge >= 0.3 is 0 Å². The molecule has 1 fully saturated rings. The second-order valence-corrected chi connectivity index (χ2v) is 7.45. The normalized spacial score (nSPS) is 18.7. The van der Waals surface area contributed by atoms with E-state index in [1.165, 1.54) is 0 Å². The minimum absolute atomic E-state index is 0.149. The lowest BCUT2D eigenvalue weighted by atomic mass is 9.97. The number of nitrogens with zero attached hydrogens (tertiary/aromatic N) is 2. The minimum atomic E-state index is -0.864. The predicted molar refractivity (Wildman–Crippen MR) is 116 cm³/mol. The molecule has 8 heteroatoms. The van der Waals surface area contributed by atoms with Crippen molar-refractivity contribution in [1.82, 2.24) is 15.1 Å². The highest BCUT2D eigenvalue weighted by molar-refractivity contribution is 5.96. The van der Waals surface area contributed by atoms with Crippen molar-refractivity contribution in [2.45, 2.75) is 19.1 Å². The topological polar surface area (TPSA) is 96.5 Å². The van der Waals surface area contributed by atoms with Crippen LogP contribution in [-0.2, 0) is 14.3 Å². The predicted octanol–water partition coefficient (Wildman–Crippen LogP) is 2.93. The molecule has 0 aliphatic carbocycles. The van der Waals surface area contributed by atoms with Gasteiger partial charge in [-0.15, -0.1) is 0 Å². The number of anilines is 1. The molecule has 2 amide bonds. The number of aryl methyl sites for hydroxylation is 1. The average molecular weight is 420 g/mol. The summed E-state index contributed by atoms with van der Waals surface area (Å²) in [5.41, 5.74) is 3.46. The molecule has 0 radical (unpaired) electrons. The zero-order valence-corrected chi connectivity index (χ0v) is 17.6. The first-order valence-electron chi connectivity index (χ1n) is 9.91. The van der Waals surface area contributed by atoms with Crippen LogP contribution in [0.15, 0.2) is 54.6 Å². The van der Waals surface area contributed by atoms with Crippen molar-refractivity contribution in [2.75, 3.05) is 26.1 Å². The summed E-state index contributed by atoms with van der Waals surface area (Å²) in [5, 5.41) is 9.92. The van der Waals surface area contributed by atoms with Crippen LogP contribution in [0.2, 0.25) is 0 Å². The third kappa shape index (κ3) is 4.15. The third-order valence-corrected chi connectivity index (χ3v) is 5.39. The zero-order chi connectivity index (χ0) is 22.0. The van der Waals surface area contributed by atoms with E-state index in [9.17, 15) is 9.59 Å². The highest BCUT2D eigenvalue weighted by Gasteiger charge is 2.40. The molecule has 8 nitrogen and oxygen atoms in total. The largest absolute Gasteiger partial charge is 0.496 e. The number of hydrogen-bond acceptors (Lipinski definition) is 5. The molecule has 0 bridgehead atoms. The van der Waals surface area contributed by atoms with E-state index in [1.54, 1.807) is 25.1 Å². The lowest BCUT2D eigenvalue weighted by Gasteiger charge is -2.38. The van der Waals surface area contributed by atoms with Gasteiger partial charge < -0.3 is 19.7 Å². The average Bonchev–Trinajstić information content (AvgIpc) is 3.24. The number of morpholine rings is 1. The molecule has 160 valence electrons. The number of aromatic amines is 1. The molecule has 3 aromatic rings. The summed E-state index contributed by atoms with van der Waals surface area (Å²) in [6.07, 6.45) is -0.864. The molecule has 1 saturated heterocycles. The Morgan fingerprint density at radius 2 is 1.97 bits per heavy atom. The van der Waals surface area contributed by atoms with E-state index in [2.05, 4.69) is 15.5 Å². The second kappa shape index (κ2) is 8.61. The smallest absolute Gasteiger partial charge is 0.257 e. The lowest BCUT2D eigenvalue weighted by molar-refractivity contribution is -0.160. The maximum absolute atomic E-state index is 13.1. The number of rotatable bonds is 5. The summed E-state index contributed by atoms with van der Waals surface area (Å²) in [6, 6.07) is 16.4. The SMILES string of the molecule is COc1ccccc1-c1cc(NC(=O)C2OCC(=O)N(C)C2c2ccc(C)cc2)n[nH]1. The van der Waals surface area contributed by atoms with E-state index in [-0.39, 0.29) is 18.4 Å². The molecule has 2 N–H and O–H groups in total. The van der Waals surface area contributed by atoms with Gasteiger partial charge in [-0.1, -0.05) is 42.0 Å². The fourth-order valence-corrected chi connectivity index (χ4v) is 3.68. The fourth-order valence-electron chi connectivity index (χ4n) is 3.68. The number of likely N-dealkylation sites (N-methyl/N-ethyl adjacent to an activating group) is 1. The highest BCUT2D eigenvalue weighted by atomic mass is 16.5. The van der Waals surface area contributed by atoms with Crippen molar-refractivity contribution in [3.63, 3.8) is 0 Å². The number of amides is 2. The van der Waals surface area contributed by atoms with Gasteiger partial charge in [-0.05, 0) is 24.6 Å². The van der Waals surface area contributed by atoms with Crippen LogP contribution in [0, 0.1) is 6.92 Å². The van der Waals surface area contributed by atoms with Gasteiger partial charge in [-0.25, -0.2) is 0 Å². The van der Waals surface area contributed by atoms with Crippen molar-refractivity contribution in [1.29, 1.82) is 0 Å². The first-order valence-corrected chi connectivity index (χ1v) is 9.91. The van der Waals surface area contributed by atoms with Gasteiger partial charge in [0.25, 0.3) is 5.91 Å². The van der Waals surface area contributed by atoms with Gasteiger partial charge in [0.2, 0.25) is 5.91 Å². The molecule has 2 atom stereocenters. The number of nitrogens with one attached hydrogen (secondary N) is 2. The van der Waals surface area contributed by atoms with Crippen LogP contribution in [0.25, 0.3) is 11.3 Å². The molecule has 2 unspecified atom stereocenters. The number of methoxy groups -OCH3 is 1. The zero-order valence-electron chi connectivity index (χ0n) is 17.6. The third-order valence-electron chi connectivity index (χ3n) is 5.39. The molecule has 2 aromatic carbocycles. The van der Waals surface area contributed by atoms with E-state index < -0.39 is 12.1 Å². The summed E-state index contributed by atoms with van der Waals surface area (Å²) >= 11 is 0. The van der Waals surface area contributed by atoms with Crippen LogP contribution in [0.5, 0.6) is 5.75 Å². The Bertz CT molecular complexity index is 1090. The fraction of sp³-hybridized carbons (Fsp3) is 0.261. The Morgan fingerprint density at radius 1 is 1.23 bits per heavy atom. The molecular formula is C23H24N4O4. The first-order chi connectivity index (χ1) is 15.0. The Hall–Kier alpha value is -3.65. The van der Waals surface area contributed by atoms with Gasteiger partial charge in [0.05, 0.1) is 18.8 Å². The Kier molecular flexibility index (Phi) is 5.73. The quantitative estimate of drug-likeness (QED) is 0.662. The van der Waals surface area contributed by atoms with Crippen LogP contribution >= 0.6 is 0 Å². The number of carbonyl (C=O) groups excluding carboxylic acids is 2. The maximum atomic E-state index is 13.1. The number of ether oxygens (including phenoxy) is 2. The summed E-state index contributed by atoms with van der Waals surface area (Å²) in [5.74, 6) is 0.506. The molecule has 1 aliphatic heterocycles. The lowest BCUT2D eigenvalue weighted by Crippen LogP contribution is -2.51. The molecule has 4 rings (SSSR count). The van der Waals surface area contributed by atoms with Crippen molar-refractivity contribution in [3.05, 3.63) is 65.7 Å². The Morgan fingerprint density at radius 3 is 2.71 bits per heavy atom. The minimum Gasteiger partial charge on any atom is -0.496 e. The van der Waals surface area contributed by atoms with E-state index >= 15 is 0 Å². The van der Waals surface area contributed by atoms with Crippen molar-refractivity contribution in [3.8, 4) is 17.0 Å². The van der Waals surface area contributed by atoms with Crippen molar-refractivity contribution in [2.24, 2.45) is 0 Å². The monoisotopic (exact) mass is 420 g/mol. The van der Waals surface area contributed by atoms with E-state index in [0.29, 0.717) is 17.3 Å². The summed E-state index contributed by atoms with van der Waals surface area (Å²) < 4.78 is 11.0. The maximum Gasteiger partial charge on any atom is 0.257 e. The number of H-pyrrole nitrogens is 1. The van der Waals surface area contributed by atoms with Crippen molar-refractivity contribution < 1.29 is 19.1 Å². The molecule has 0 saturated carbocycles. The second-order valence-electron chi connectivity index (χ2n) is 7.45. The molecular weight excluding hydrogens is 396 g/mol. The van der Waals surface area contributed by atoms with E-state index in [4.69, 9.17) is 9.47 Å². The van der Waals surface area contributed by atoms with Gasteiger partial charge in [0, 0.05) is 18.7 Å². The van der Waals surface area contributed by atoms with Crippen molar-refractivity contribution >= 4 is 17.6 Å². The Balaban J connectivity index is 1.56. The van der Waals surface area contributed by atoms with Gasteiger partial charge in [0.1, 0.15) is 12.4 Å². The number of carbonyl (C=O) groups is 2. The summed E-state index contributed by atoms with van der Waals surface area (Å²) in [6.45, 7) is 1.83. The van der Waals surface area contributed by atoms with E-state index in [0.717, 1.165) is 16.7 Å². The number of benzene rings is 2. The summed E-state index contributed by atoms with van der Waals surface area (Å²) in [4.78, 5) is 26.9. The molecule has 1 aliphatic rings. The van der Waals surface area contributed by atoms with Crippen LogP contribution in [-0.4, -0.2) is 53.8 Å². The Labute approximate surface area is 180 Å². The molecule has 2 heterocycles. The van der Waals surface area contributed by atoms with Crippen LogP contribution in [0.1, 0.15) is 17.2 Å². The number of aromatic nitrogens is 2.